The summed E-state index contributed by atoms with van der Waals surface area (Å²) < 4.78 is 19.5. The predicted octanol–water partition coefficient (Wildman–Crippen LogP) is 7.37. The molecule has 3 aliphatic rings. The Morgan fingerprint density at radius 1 is 0.960 bits per heavy atom. The third-order valence-electron chi connectivity index (χ3n) is 9.78. The summed E-state index contributed by atoms with van der Waals surface area (Å²) in [5.41, 5.74) is 5.40. The summed E-state index contributed by atoms with van der Waals surface area (Å²) in [6.07, 6.45) is 8.96. The topological polar surface area (TPSA) is 90.3 Å². The van der Waals surface area contributed by atoms with E-state index in [-0.39, 0.29) is 36.0 Å². The second-order valence-electron chi connectivity index (χ2n) is 15.3. The van der Waals surface area contributed by atoms with Gasteiger partial charge >= 0.3 is 5.97 Å². The number of hydrogen-bond acceptors (Lipinski definition) is 7. The molecule has 1 aliphatic carbocycles. The molecule has 266 valence electrons. The highest BCUT2D eigenvalue weighted by molar-refractivity contribution is 6.26. The summed E-state index contributed by atoms with van der Waals surface area (Å²) in [6, 6.07) is 11.8. The molecular weight excluding hydrogens is 630 g/mol. The number of carbonyl (C=O) groups excluding carboxylic acids is 3. The maximum atomic E-state index is 14.8. The van der Waals surface area contributed by atoms with Crippen molar-refractivity contribution in [3.63, 3.8) is 0 Å². The molecule has 1 aromatic heterocycles. The maximum Gasteiger partial charge on any atom is 0.338 e. The summed E-state index contributed by atoms with van der Waals surface area (Å²) >= 11 is 0. The summed E-state index contributed by atoms with van der Waals surface area (Å²) in [5, 5.41) is 1.08. The largest absolute Gasteiger partial charge is 0.497 e. The molecule has 2 aromatic carbocycles. The van der Waals surface area contributed by atoms with Gasteiger partial charge in [0.25, 0.3) is 5.91 Å². The van der Waals surface area contributed by atoms with Gasteiger partial charge in [0.1, 0.15) is 16.9 Å². The first-order valence-corrected chi connectivity index (χ1v) is 17.9. The Hall–Kier alpha value is -4.37. The van der Waals surface area contributed by atoms with E-state index < -0.39 is 11.6 Å². The zero-order chi connectivity index (χ0) is 35.9. The van der Waals surface area contributed by atoms with Gasteiger partial charge in [-0.15, -0.1) is 0 Å². The van der Waals surface area contributed by atoms with E-state index in [9.17, 15) is 14.4 Å². The van der Waals surface area contributed by atoms with E-state index in [1.807, 2.05) is 79.1 Å². The van der Waals surface area contributed by atoms with E-state index in [0.717, 1.165) is 53.4 Å². The van der Waals surface area contributed by atoms with Crippen molar-refractivity contribution in [2.24, 2.45) is 0 Å². The minimum Gasteiger partial charge on any atom is -0.497 e. The van der Waals surface area contributed by atoms with Gasteiger partial charge in [-0.25, -0.2) is 4.79 Å². The zero-order valence-corrected chi connectivity index (χ0v) is 30.8. The zero-order valence-electron chi connectivity index (χ0n) is 30.8. The van der Waals surface area contributed by atoms with Crippen LogP contribution in [0.3, 0.4) is 0 Å². The number of benzene rings is 2. The van der Waals surface area contributed by atoms with Crippen LogP contribution < -0.4 is 4.74 Å². The standard InChI is InChI=1S/C41H51N3O6/c1-25-21-43(22-26(2)49-25)39(46)34(24-42(6)7)38(45)30-18-29-19-31(48-8)15-17-32(29)37-36(27-12-10-9-11-13-27)33-16-14-28(20-35(33)44(37)23-30)40(47)50-41(3,4)5/h14-20,24-27H,9-13,21-23H2,1-8H3/b34-24+. The van der Waals surface area contributed by atoms with Gasteiger partial charge in [-0.1, -0.05) is 25.3 Å². The number of nitrogens with zero attached hydrogens (tertiary/aromatic N) is 3. The van der Waals surface area contributed by atoms with Crippen LogP contribution in [0, 0.1) is 0 Å². The Balaban J connectivity index is 1.55. The number of amides is 1. The van der Waals surface area contributed by atoms with Crippen molar-refractivity contribution in [1.29, 1.82) is 0 Å². The van der Waals surface area contributed by atoms with Gasteiger partial charge in [-0.3, -0.25) is 9.59 Å². The first kappa shape index (κ1) is 35.5. The molecule has 2 aliphatic heterocycles. The molecule has 1 saturated heterocycles. The number of rotatable bonds is 7. The van der Waals surface area contributed by atoms with Crippen molar-refractivity contribution in [1.82, 2.24) is 14.4 Å². The fourth-order valence-electron chi connectivity index (χ4n) is 7.80. The van der Waals surface area contributed by atoms with Crippen molar-refractivity contribution in [2.75, 3.05) is 34.3 Å². The number of allylic oxidation sites excluding steroid dienone is 1. The quantitative estimate of drug-likeness (QED) is 0.111. The van der Waals surface area contributed by atoms with Crippen molar-refractivity contribution in [3.05, 3.63) is 70.4 Å². The molecule has 2 fully saturated rings. The second-order valence-corrected chi connectivity index (χ2v) is 15.3. The third kappa shape index (κ3) is 7.24. The summed E-state index contributed by atoms with van der Waals surface area (Å²) in [5.74, 6) is -0.0243. The van der Waals surface area contributed by atoms with Crippen LogP contribution in [-0.2, 0) is 25.6 Å². The van der Waals surface area contributed by atoms with Gasteiger partial charge in [0, 0.05) is 55.4 Å². The monoisotopic (exact) mass is 681 g/mol. The molecule has 0 bridgehead atoms. The number of ether oxygens (including phenoxy) is 3. The van der Waals surface area contributed by atoms with Crippen molar-refractivity contribution in [2.45, 2.75) is 97.0 Å². The van der Waals surface area contributed by atoms with Gasteiger partial charge in [0.05, 0.1) is 37.1 Å². The Kier molecular flexibility index (Phi) is 10.00. The van der Waals surface area contributed by atoms with Gasteiger partial charge in [-0.2, -0.15) is 0 Å². The van der Waals surface area contributed by atoms with Crippen molar-refractivity contribution in [3.8, 4) is 17.0 Å². The third-order valence-corrected chi connectivity index (χ3v) is 9.78. The Bertz CT molecular complexity index is 1860. The highest BCUT2D eigenvalue weighted by Gasteiger charge is 2.35. The fourth-order valence-corrected chi connectivity index (χ4v) is 7.80. The minimum absolute atomic E-state index is 0.105. The fraction of sp³-hybridized carbons (Fsp3) is 0.488. The average molecular weight is 682 g/mol. The molecule has 3 aromatic rings. The lowest BCUT2D eigenvalue weighted by Gasteiger charge is -2.35. The predicted molar refractivity (Wildman–Crippen MR) is 196 cm³/mol. The number of ketones is 1. The second kappa shape index (κ2) is 14.1. The summed E-state index contributed by atoms with van der Waals surface area (Å²) in [6.45, 7) is 10.5. The maximum absolute atomic E-state index is 14.8. The van der Waals surface area contributed by atoms with E-state index in [0.29, 0.717) is 35.9 Å². The lowest BCUT2D eigenvalue weighted by molar-refractivity contribution is -0.140. The number of Topliss-reactive ketones (excluding diaryl/α,β-unsaturated/α-hetero) is 1. The molecule has 50 heavy (non-hydrogen) atoms. The smallest absolute Gasteiger partial charge is 0.338 e. The van der Waals surface area contributed by atoms with Crippen LogP contribution in [0.4, 0.5) is 0 Å². The number of aromatic nitrogens is 1. The molecule has 6 rings (SSSR count). The van der Waals surface area contributed by atoms with E-state index in [1.54, 1.807) is 23.1 Å². The van der Waals surface area contributed by atoms with Crippen LogP contribution >= 0.6 is 0 Å². The van der Waals surface area contributed by atoms with Crippen LogP contribution in [0.25, 0.3) is 28.2 Å². The number of fused-ring (bicyclic) bond motifs is 5. The SMILES string of the molecule is COc1ccc2c(c1)C=C(C(=O)/C(=C\N(C)C)C(=O)N1CC(C)OC(C)C1)Cn1c-2c(C2CCCCC2)c2ccc(C(=O)OC(C)(C)C)cc21. The van der Waals surface area contributed by atoms with Crippen molar-refractivity contribution < 1.29 is 28.6 Å². The van der Waals surface area contributed by atoms with E-state index in [1.165, 1.54) is 12.0 Å². The van der Waals surface area contributed by atoms with E-state index >= 15 is 0 Å². The summed E-state index contributed by atoms with van der Waals surface area (Å²) in [4.78, 5) is 45.9. The molecule has 0 spiro atoms. The Labute approximate surface area is 295 Å². The Morgan fingerprint density at radius 2 is 1.66 bits per heavy atom. The van der Waals surface area contributed by atoms with Crippen LogP contribution in [0.15, 0.2) is 53.7 Å². The van der Waals surface area contributed by atoms with Gasteiger partial charge in [0.15, 0.2) is 5.78 Å². The Morgan fingerprint density at radius 3 is 2.30 bits per heavy atom. The first-order chi connectivity index (χ1) is 23.7. The minimum atomic E-state index is -0.645. The molecule has 2 unspecified atom stereocenters. The molecule has 9 nitrogen and oxygen atoms in total. The molecule has 1 saturated carbocycles. The van der Waals surface area contributed by atoms with Gasteiger partial charge < -0.3 is 28.6 Å². The highest BCUT2D eigenvalue weighted by atomic mass is 16.6. The van der Waals surface area contributed by atoms with E-state index in [4.69, 9.17) is 14.2 Å². The summed E-state index contributed by atoms with van der Waals surface area (Å²) in [7, 11) is 5.27. The molecule has 2 atom stereocenters. The van der Waals surface area contributed by atoms with Crippen LogP contribution in [0.5, 0.6) is 5.75 Å². The molecule has 3 heterocycles. The molecule has 0 radical (unpaired) electrons. The molecule has 0 N–H and O–H groups in total. The van der Waals surface area contributed by atoms with Gasteiger partial charge in [-0.05, 0) is 101 Å². The highest BCUT2D eigenvalue weighted by Crippen LogP contribution is 2.47. The van der Waals surface area contributed by atoms with Crippen molar-refractivity contribution >= 4 is 34.6 Å². The number of hydrogen-bond donors (Lipinski definition) is 0. The van der Waals surface area contributed by atoms with Crippen LogP contribution in [0.1, 0.15) is 94.1 Å². The number of carbonyl (C=O) groups is 3. The van der Waals surface area contributed by atoms with E-state index in [2.05, 4.69) is 16.7 Å². The lowest BCUT2D eigenvalue weighted by atomic mass is 9.81. The van der Waals surface area contributed by atoms with Crippen LogP contribution in [-0.4, -0.2) is 84.1 Å². The van der Waals surface area contributed by atoms with Gasteiger partial charge in [0.2, 0.25) is 0 Å². The molecule has 1 amide bonds. The number of methoxy groups -OCH3 is 1. The van der Waals surface area contributed by atoms with Crippen LogP contribution in [0.2, 0.25) is 0 Å². The molecular formula is C41H51N3O6. The average Bonchev–Trinajstić information content (AvgIpc) is 3.27. The normalized spacial score (nSPS) is 20.0. The lowest BCUT2D eigenvalue weighted by Crippen LogP contribution is -2.49. The molecule has 9 heteroatoms. The number of morpholine rings is 1. The number of esters is 1. The first-order valence-electron chi connectivity index (χ1n) is 17.9.